The molecular formula is C19H27ClN4O4. The van der Waals surface area contributed by atoms with E-state index >= 15 is 0 Å². The molecule has 3 unspecified atom stereocenters. The first-order valence-corrected chi connectivity index (χ1v) is 9.45. The number of nitro groups is 1. The minimum Gasteiger partial charge on any atom is -0.351 e. The van der Waals surface area contributed by atoms with Crippen LogP contribution in [0.15, 0.2) is 18.2 Å². The maximum atomic E-state index is 12.9. The summed E-state index contributed by atoms with van der Waals surface area (Å²) < 4.78 is 0. The summed E-state index contributed by atoms with van der Waals surface area (Å²) in [6.07, 6.45) is 2.30. The molecule has 0 bridgehead atoms. The number of nitrogens with zero attached hydrogens (tertiary/aromatic N) is 2. The average molecular weight is 411 g/mol. The molecule has 1 aromatic carbocycles. The molecule has 8 nitrogen and oxygen atoms in total. The van der Waals surface area contributed by atoms with Crippen molar-refractivity contribution < 1.29 is 14.5 Å². The Bertz CT molecular complexity index is 757. The van der Waals surface area contributed by atoms with Crippen LogP contribution in [-0.2, 0) is 4.79 Å². The molecule has 154 valence electrons. The molecular weight excluding hydrogens is 384 g/mol. The third-order valence-electron chi connectivity index (χ3n) is 5.57. The fourth-order valence-corrected chi connectivity index (χ4v) is 3.95. The number of carbonyl (C=O) groups excluding carboxylic acids is 2. The van der Waals surface area contributed by atoms with Gasteiger partial charge < -0.3 is 15.5 Å². The molecule has 2 aliphatic heterocycles. The van der Waals surface area contributed by atoms with Crippen LogP contribution in [0.25, 0.3) is 0 Å². The second-order valence-electron chi connectivity index (χ2n) is 7.50. The molecule has 3 rings (SSSR count). The van der Waals surface area contributed by atoms with Gasteiger partial charge in [0.15, 0.2) is 0 Å². The van der Waals surface area contributed by atoms with Crippen molar-refractivity contribution in [2.24, 2.45) is 5.92 Å². The lowest BCUT2D eigenvalue weighted by molar-refractivity contribution is -0.385. The van der Waals surface area contributed by atoms with Gasteiger partial charge in [-0.2, -0.15) is 0 Å². The van der Waals surface area contributed by atoms with Gasteiger partial charge in [0.2, 0.25) is 5.91 Å². The second kappa shape index (κ2) is 9.34. The number of hydrogen-bond acceptors (Lipinski definition) is 5. The molecule has 28 heavy (non-hydrogen) atoms. The minimum absolute atomic E-state index is 0. The number of halogens is 1. The fraction of sp³-hybridized carbons (Fsp3) is 0.579. The Labute approximate surface area is 170 Å². The van der Waals surface area contributed by atoms with Crippen molar-refractivity contribution in [3.8, 4) is 0 Å². The van der Waals surface area contributed by atoms with E-state index in [-0.39, 0.29) is 36.0 Å². The SMILES string of the molecule is Cc1cc(C(=O)N2CCCC2C(=O)NC2CCNCC2C)ccc1[N+](=O)[O-].Cl. The normalized spacial score (nSPS) is 24.4. The predicted octanol–water partition coefficient (Wildman–Crippen LogP) is 2.04. The number of amides is 2. The van der Waals surface area contributed by atoms with Gasteiger partial charge >= 0.3 is 0 Å². The molecule has 2 saturated heterocycles. The number of piperidine rings is 1. The van der Waals surface area contributed by atoms with Gasteiger partial charge in [0.1, 0.15) is 6.04 Å². The Morgan fingerprint density at radius 3 is 2.71 bits per heavy atom. The third-order valence-corrected chi connectivity index (χ3v) is 5.57. The van der Waals surface area contributed by atoms with Crippen LogP contribution >= 0.6 is 12.4 Å². The number of likely N-dealkylation sites (tertiary alicyclic amines) is 1. The summed E-state index contributed by atoms with van der Waals surface area (Å²) in [4.78, 5) is 37.8. The number of aryl methyl sites for hydroxylation is 1. The average Bonchev–Trinajstić information content (AvgIpc) is 3.12. The molecule has 0 saturated carbocycles. The summed E-state index contributed by atoms with van der Waals surface area (Å²) in [6, 6.07) is 4.00. The van der Waals surface area contributed by atoms with Gasteiger partial charge in [-0.05, 0) is 57.3 Å². The highest BCUT2D eigenvalue weighted by Gasteiger charge is 2.36. The predicted molar refractivity (Wildman–Crippen MR) is 108 cm³/mol. The van der Waals surface area contributed by atoms with Crippen molar-refractivity contribution in [1.29, 1.82) is 0 Å². The Morgan fingerprint density at radius 1 is 1.32 bits per heavy atom. The quantitative estimate of drug-likeness (QED) is 0.583. The van der Waals surface area contributed by atoms with E-state index in [1.807, 2.05) is 0 Å². The lowest BCUT2D eigenvalue weighted by Gasteiger charge is -2.32. The number of hydrogen-bond donors (Lipinski definition) is 2. The highest BCUT2D eigenvalue weighted by atomic mass is 35.5. The van der Waals surface area contributed by atoms with Gasteiger partial charge in [0, 0.05) is 29.8 Å². The smallest absolute Gasteiger partial charge is 0.272 e. The van der Waals surface area contributed by atoms with Crippen LogP contribution in [-0.4, -0.2) is 53.4 Å². The van der Waals surface area contributed by atoms with Crippen molar-refractivity contribution in [3.63, 3.8) is 0 Å². The maximum Gasteiger partial charge on any atom is 0.272 e. The molecule has 2 heterocycles. The van der Waals surface area contributed by atoms with E-state index in [1.165, 1.54) is 18.2 Å². The summed E-state index contributed by atoms with van der Waals surface area (Å²) >= 11 is 0. The molecule has 2 N–H and O–H groups in total. The molecule has 2 aliphatic rings. The van der Waals surface area contributed by atoms with Crippen LogP contribution in [0, 0.1) is 23.0 Å². The zero-order valence-corrected chi connectivity index (χ0v) is 17.0. The molecule has 2 fully saturated rings. The third kappa shape index (κ3) is 4.62. The number of benzene rings is 1. The van der Waals surface area contributed by atoms with Gasteiger partial charge in [-0.25, -0.2) is 0 Å². The van der Waals surface area contributed by atoms with Crippen molar-refractivity contribution >= 4 is 29.9 Å². The van der Waals surface area contributed by atoms with Gasteiger partial charge in [-0.15, -0.1) is 12.4 Å². The number of nitro benzene ring substituents is 1. The molecule has 0 aromatic heterocycles. The monoisotopic (exact) mass is 410 g/mol. The van der Waals surface area contributed by atoms with Crippen LogP contribution in [0.1, 0.15) is 42.1 Å². The van der Waals surface area contributed by atoms with Crippen LogP contribution in [0.2, 0.25) is 0 Å². The molecule has 0 spiro atoms. The fourth-order valence-electron chi connectivity index (χ4n) is 3.95. The summed E-state index contributed by atoms with van der Waals surface area (Å²) in [7, 11) is 0. The molecule has 3 atom stereocenters. The molecule has 9 heteroatoms. The van der Waals surface area contributed by atoms with Crippen molar-refractivity contribution in [2.45, 2.75) is 45.2 Å². The van der Waals surface area contributed by atoms with Gasteiger partial charge in [0.05, 0.1) is 4.92 Å². The Hall–Kier alpha value is -2.19. The zero-order chi connectivity index (χ0) is 19.6. The Balaban J connectivity index is 0.00000280. The highest BCUT2D eigenvalue weighted by molar-refractivity contribution is 5.98. The summed E-state index contributed by atoms with van der Waals surface area (Å²) in [5.41, 5.74) is 0.810. The van der Waals surface area contributed by atoms with Crippen LogP contribution in [0.5, 0.6) is 0 Å². The topological polar surface area (TPSA) is 105 Å². The van der Waals surface area contributed by atoms with E-state index in [1.54, 1.807) is 11.8 Å². The standard InChI is InChI=1S/C19H26N4O4.ClH/c1-12-10-14(5-6-16(12)23(26)27)19(25)22-9-3-4-17(22)18(24)21-15-7-8-20-11-13(15)2;/h5-6,10,13,15,17,20H,3-4,7-9,11H2,1-2H3,(H,21,24);1H. The zero-order valence-electron chi connectivity index (χ0n) is 16.1. The second-order valence-corrected chi connectivity index (χ2v) is 7.50. The summed E-state index contributed by atoms with van der Waals surface area (Å²) in [5.74, 6) is 0.00724. The summed E-state index contributed by atoms with van der Waals surface area (Å²) in [6.45, 7) is 6.00. The van der Waals surface area contributed by atoms with Crippen molar-refractivity contribution in [3.05, 3.63) is 39.4 Å². The van der Waals surface area contributed by atoms with Gasteiger partial charge in [-0.3, -0.25) is 19.7 Å². The lowest BCUT2D eigenvalue weighted by atomic mass is 9.95. The first-order chi connectivity index (χ1) is 12.9. The van der Waals surface area contributed by atoms with Crippen LogP contribution in [0.3, 0.4) is 0 Å². The molecule has 0 aliphatic carbocycles. The van der Waals surface area contributed by atoms with E-state index in [0.29, 0.717) is 30.0 Å². The first kappa shape index (κ1) is 22.1. The maximum absolute atomic E-state index is 12.9. The number of rotatable bonds is 4. The summed E-state index contributed by atoms with van der Waals surface area (Å²) in [5, 5.41) is 17.4. The lowest BCUT2D eigenvalue weighted by Crippen LogP contribution is -2.53. The van der Waals surface area contributed by atoms with E-state index in [4.69, 9.17) is 0 Å². The first-order valence-electron chi connectivity index (χ1n) is 9.45. The van der Waals surface area contributed by atoms with Gasteiger partial charge in [0.25, 0.3) is 11.6 Å². The van der Waals surface area contributed by atoms with E-state index < -0.39 is 11.0 Å². The molecule has 1 aromatic rings. The largest absolute Gasteiger partial charge is 0.351 e. The number of nitrogens with one attached hydrogen (secondary N) is 2. The van der Waals surface area contributed by atoms with Crippen molar-refractivity contribution in [2.75, 3.05) is 19.6 Å². The van der Waals surface area contributed by atoms with Crippen LogP contribution in [0.4, 0.5) is 5.69 Å². The Morgan fingerprint density at radius 2 is 2.07 bits per heavy atom. The Kier molecular flexibility index (Phi) is 7.37. The van der Waals surface area contributed by atoms with Crippen molar-refractivity contribution in [1.82, 2.24) is 15.5 Å². The molecule has 0 radical (unpaired) electrons. The van der Waals surface area contributed by atoms with E-state index in [2.05, 4.69) is 17.6 Å². The molecule has 2 amide bonds. The number of carbonyl (C=O) groups is 2. The van der Waals surface area contributed by atoms with E-state index in [9.17, 15) is 19.7 Å². The van der Waals surface area contributed by atoms with E-state index in [0.717, 1.165) is 25.9 Å². The van der Waals surface area contributed by atoms with Crippen LogP contribution < -0.4 is 10.6 Å². The minimum atomic E-state index is -0.477. The van der Waals surface area contributed by atoms with Gasteiger partial charge in [-0.1, -0.05) is 6.92 Å². The highest BCUT2D eigenvalue weighted by Crippen LogP contribution is 2.24.